The first-order chi connectivity index (χ1) is 12.5. The second kappa shape index (κ2) is 6.57. The number of aryl methyl sites for hydroxylation is 1. The number of anilines is 3. The standard InChI is InChI=1S/C19H23FN6/c1-25(2)9-10-26-19-14(17(21)24-26)11-15(20)18(23-19)22-16-8-4-6-12-5-3-7-13(12)16/h4,6,8,11H,3,5,7,9-10H2,1-2H3,(H2,21,24)(H,22,23). The van der Waals surface area contributed by atoms with Gasteiger partial charge in [0.1, 0.15) is 0 Å². The number of aromatic nitrogens is 3. The number of hydrogen-bond donors (Lipinski definition) is 2. The Balaban J connectivity index is 1.72. The van der Waals surface area contributed by atoms with Crippen LogP contribution in [0.25, 0.3) is 11.0 Å². The van der Waals surface area contributed by atoms with Crippen molar-refractivity contribution < 1.29 is 4.39 Å². The van der Waals surface area contributed by atoms with Crippen molar-refractivity contribution in [3.8, 4) is 0 Å². The third-order valence-corrected chi connectivity index (χ3v) is 4.86. The maximum absolute atomic E-state index is 14.6. The van der Waals surface area contributed by atoms with Crippen molar-refractivity contribution in [2.45, 2.75) is 25.8 Å². The highest BCUT2D eigenvalue weighted by atomic mass is 19.1. The monoisotopic (exact) mass is 354 g/mol. The van der Waals surface area contributed by atoms with Crippen molar-refractivity contribution in [1.29, 1.82) is 0 Å². The van der Waals surface area contributed by atoms with Crippen molar-refractivity contribution in [3.05, 3.63) is 41.2 Å². The van der Waals surface area contributed by atoms with Crippen LogP contribution >= 0.6 is 0 Å². The summed E-state index contributed by atoms with van der Waals surface area (Å²) >= 11 is 0. The molecule has 0 atom stereocenters. The summed E-state index contributed by atoms with van der Waals surface area (Å²) in [5, 5.41) is 8.05. The van der Waals surface area contributed by atoms with E-state index in [1.807, 2.05) is 26.2 Å². The van der Waals surface area contributed by atoms with Gasteiger partial charge in [0.2, 0.25) is 0 Å². The van der Waals surface area contributed by atoms with Crippen LogP contribution in [-0.4, -0.2) is 40.3 Å². The number of likely N-dealkylation sites (N-methyl/N-ethyl adjacent to an activating group) is 1. The van der Waals surface area contributed by atoms with Crippen LogP contribution in [0.2, 0.25) is 0 Å². The van der Waals surface area contributed by atoms with E-state index in [4.69, 9.17) is 5.73 Å². The highest BCUT2D eigenvalue weighted by Crippen LogP contribution is 2.32. The quantitative estimate of drug-likeness (QED) is 0.737. The molecule has 1 aliphatic rings. The largest absolute Gasteiger partial charge is 0.382 e. The first-order valence-corrected chi connectivity index (χ1v) is 8.88. The van der Waals surface area contributed by atoms with Crippen LogP contribution in [-0.2, 0) is 19.4 Å². The van der Waals surface area contributed by atoms with E-state index in [9.17, 15) is 4.39 Å². The fourth-order valence-corrected chi connectivity index (χ4v) is 3.50. The molecule has 7 heteroatoms. The van der Waals surface area contributed by atoms with Crippen LogP contribution in [0, 0.1) is 5.82 Å². The Bertz CT molecular complexity index is 962. The van der Waals surface area contributed by atoms with Crippen molar-refractivity contribution in [1.82, 2.24) is 19.7 Å². The van der Waals surface area contributed by atoms with Crippen LogP contribution in [0.3, 0.4) is 0 Å². The lowest BCUT2D eigenvalue weighted by molar-refractivity contribution is 0.376. The number of rotatable bonds is 5. The SMILES string of the molecule is CN(C)CCn1nc(N)c2cc(F)c(Nc3cccc4c3CCC4)nc21. The predicted molar refractivity (Wildman–Crippen MR) is 102 cm³/mol. The van der Waals surface area contributed by atoms with E-state index in [2.05, 4.69) is 26.4 Å². The Hall–Kier alpha value is -2.67. The second-order valence-corrected chi connectivity index (χ2v) is 7.02. The van der Waals surface area contributed by atoms with E-state index in [-0.39, 0.29) is 5.82 Å². The van der Waals surface area contributed by atoms with E-state index in [0.717, 1.165) is 31.5 Å². The maximum Gasteiger partial charge on any atom is 0.169 e. The van der Waals surface area contributed by atoms with Crippen LogP contribution < -0.4 is 11.1 Å². The van der Waals surface area contributed by atoms with Crippen LogP contribution in [0.15, 0.2) is 24.3 Å². The molecule has 136 valence electrons. The number of fused-ring (bicyclic) bond motifs is 2. The summed E-state index contributed by atoms with van der Waals surface area (Å²) in [5.74, 6) is 0.0908. The molecule has 1 aliphatic carbocycles. The maximum atomic E-state index is 14.6. The number of nitrogens with two attached hydrogens (primary N) is 1. The fraction of sp³-hybridized carbons (Fsp3) is 0.368. The molecule has 6 nitrogen and oxygen atoms in total. The van der Waals surface area contributed by atoms with Gasteiger partial charge in [-0.25, -0.2) is 14.1 Å². The first-order valence-electron chi connectivity index (χ1n) is 8.88. The van der Waals surface area contributed by atoms with Gasteiger partial charge in [-0.3, -0.25) is 0 Å². The summed E-state index contributed by atoms with van der Waals surface area (Å²) in [6.45, 7) is 1.43. The molecule has 0 aliphatic heterocycles. The van der Waals surface area contributed by atoms with Gasteiger partial charge >= 0.3 is 0 Å². The molecule has 0 radical (unpaired) electrons. The highest BCUT2D eigenvalue weighted by Gasteiger charge is 2.18. The number of halogens is 1. The molecule has 0 bridgehead atoms. The summed E-state index contributed by atoms with van der Waals surface area (Å²) in [5.41, 5.74) is 10.1. The second-order valence-electron chi connectivity index (χ2n) is 7.02. The molecule has 0 unspecified atom stereocenters. The number of hydrogen-bond acceptors (Lipinski definition) is 5. The molecule has 4 rings (SSSR count). The normalized spacial score (nSPS) is 13.5. The van der Waals surface area contributed by atoms with Gasteiger partial charge in [-0.05, 0) is 56.6 Å². The van der Waals surface area contributed by atoms with Crippen LogP contribution in [0.5, 0.6) is 0 Å². The minimum absolute atomic E-state index is 0.212. The molecule has 0 saturated carbocycles. The van der Waals surface area contributed by atoms with Gasteiger partial charge < -0.3 is 16.0 Å². The molecular weight excluding hydrogens is 331 g/mol. The third kappa shape index (κ3) is 2.99. The van der Waals surface area contributed by atoms with Gasteiger partial charge in [-0.1, -0.05) is 12.1 Å². The highest BCUT2D eigenvalue weighted by molar-refractivity contribution is 5.88. The molecule has 2 aromatic heterocycles. The minimum Gasteiger partial charge on any atom is -0.382 e. The lowest BCUT2D eigenvalue weighted by Gasteiger charge is -2.12. The molecule has 0 saturated heterocycles. The number of nitrogens with one attached hydrogen (secondary N) is 1. The molecule has 3 N–H and O–H groups in total. The van der Waals surface area contributed by atoms with Gasteiger partial charge in [-0.2, -0.15) is 5.10 Å². The van der Waals surface area contributed by atoms with Gasteiger partial charge in [0.05, 0.1) is 11.9 Å². The average molecular weight is 354 g/mol. The van der Waals surface area contributed by atoms with Gasteiger partial charge in [0.15, 0.2) is 23.1 Å². The lowest BCUT2D eigenvalue weighted by atomic mass is 10.1. The van der Waals surface area contributed by atoms with Gasteiger partial charge in [0.25, 0.3) is 0 Å². The molecule has 0 fully saturated rings. The molecule has 2 heterocycles. The Labute approximate surface area is 151 Å². The number of pyridine rings is 1. The lowest BCUT2D eigenvalue weighted by Crippen LogP contribution is -2.19. The Kier molecular flexibility index (Phi) is 4.24. The zero-order chi connectivity index (χ0) is 18.3. The van der Waals surface area contributed by atoms with Crippen molar-refractivity contribution in [2.24, 2.45) is 0 Å². The number of benzene rings is 1. The van der Waals surface area contributed by atoms with Gasteiger partial charge in [-0.15, -0.1) is 0 Å². The zero-order valence-corrected chi connectivity index (χ0v) is 15.1. The van der Waals surface area contributed by atoms with E-state index in [1.54, 1.807) is 4.68 Å². The Morgan fingerprint density at radius 3 is 2.96 bits per heavy atom. The fourth-order valence-electron chi connectivity index (χ4n) is 3.50. The van der Waals surface area contributed by atoms with E-state index in [0.29, 0.717) is 23.4 Å². The molecule has 3 aromatic rings. The predicted octanol–water partition coefficient (Wildman–Crippen LogP) is 2.95. The third-order valence-electron chi connectivity index (χ3n) is 4.86. The Morgan fingerprint density at radius 1 is 1.31 bits per heavy atom. The van der Waals surface area contributed by atoms with Crippen molar-refractivity contribution >= 4 is 28.4 Å². The smallest absolute Gasteiger partial charge is 0.169 e. The van der Waals surface area contributed by atoms with Gasteiger partial charge in [0, 0.05) is 12.2 Å². The topological polar surface area (TPSA) is 72.0 Å². The molecular formula is C19H23FN6. The van der Waals surface area contributed by atoms with E-state index in [1.165, 1.54) is 17.2 Å². The molecule has 0 spiro atoms. The van der Waals surface area contributed by atoms with Crippen LogP contribution in [0.1, 0.15) is 17.5 Å². The summed E-state index contributed by atoms with van der Waals surface area (Å²) in [6, 6.07) is 7.54. The minimum atomic E-state index is -0.424. The number of nitrogens with zero attached hydrogens (tertiary/aromatic N) is 4. The summed E-state index contributed by atoms with van der Waals surface area (Å²) in [6.07, 6.45) is 3.22. The molecule has 26 heavy (non-hydrogen) atoms. The van der Waals surface area contributed by atoms with E-state index >= 15 is 0 Å². The first kappa shape index (κ1) is 16.8. The zero-order valence-electron chi connectivity index (χ0n) is 15.1. The molecule has 0 amide bonds. The van der Waals surface area contributed by atoms with Crippen molar-refractivity contribution in [2.75, 3.05) is 31.7 Å². The van der Waals surface area contributed by atoms with Crippen LogP contribution in [0.4, 0.5) is 21.7 Å². The molecule has 1 aromatic carbocycles. The summed E-state index contributed by atoms with van der Waals surface area (Å²) in [7, 11) is 3.98. The van der Waals surface area contributed by atoms with E-state index < -0.39 is 5.82 Å². The summed E-state index contributed by atoms with van der Waals surface area (Å²) in [4.78, 5) is 6.57. The average Bonchev–Trinajstić information content (AvgIpc) is 3.19. The summed E-state index contributed by atoms with van der Waals surface area (Å²) < 4.78 is 16.4. The Morgan fingerprint density at radius 2 is 2.15 bits per heavy atom. The number of nitrogen functional groups attached to an aromatic ring is 1. The van der Waals surface area contributed by atoms with Crippen molar-refractivity contribution in [3.63, 3.8) is 0 Å².